The van der Waals surface area contributed by atoms with Crippen LogP contribution in [0.1, 0.15) is 58.8 Å². The molecule has 5 amide bonds. The van der Waals surface area contributed by atoms with Gasteiger partial charge in [-0.1, -0.05) is 6.92 Å². The summed E-state index contributed by atoms with van der Waals surface area (Å²) in [5.74, 6) is -0.374. The first-order chi connectivity index (χ1) is 13.8. The van der Waals surface area contributed by atoms with E-state index in [-0.39, 0.29) is 41.6 Å². The zero-order chi connectivity index (χ0) is 21.4. The van der Waals surface area contributed by atoms with Gasteiger partial charge in [-0.05, 0) is 50.9 Å². The monoisotopic (exact) mass is 410 g/mol. The van der Waals surface area contributed by atoms with Gasteiger partial charge in [0.15, 0.2) is 0 Å². The lowest BCUT2D eigenvalue weighted by molar-refractivity contribution is -0.131. The van der Waals surface area contributed by atoms with Gasteiger partial charge in [-0.2, -0.15) is 0 Å². The van der Waals surface area contributed by atoms with E-state index in [4.69, 9.17) is 0 Å². The minimum absolute atomic E-state index is 0.0528. The van der Waals surface area contributed by atoms with Crippen LogP contribution in [0.2, 0.25) is 0 Å². The highest BCUT2D eigenvalue weighted by atomic mass is 16.2. The molecular weight excluding hydrogens is 376 g/mol. The number of urea groups is 1. The SMILES string of the molecule is CNNC(=O)C1CCC(C(=O)NNC(=O)NC2CC(NC(C)=O)CCC2C)CC1. The van der Waals surface area contributed by atoms with Crippen LogP contribution in [0, 0.1) is 17.8 Å². The van der Waals surface area contributed by atoms with Crippen molar-refractivity contribution in [3.63, 3.8) is 0 Å². The minimum atomic E-state index is -0.458. The van der Waals surface area contributed by atoms with Crippen LogP contribution < -0.4 is 32.3 Å². The van der Waals surface area contributed by atoms with Crippen molar-refractivity contribution in [2.45, 2.75) is 70.9 Å². The molecule has 10 nitrogen and oxygen atoms in total. The molecule has 3 unspecified atom stereocenters. The predicted molar refractivity (Wildman–Crippen MR) is 107 cm³/mol. The molecule has 2 rings (SSSR count). The van der Waals surface area contributed by atoms with Gasteiger partial charge in [-0.15, -0.1) is 0 Å². The van der Waals surface area contributed by atoms with Gasteiger partial charge < -0.3 is 10.6 Å². The molecule has 6 N–H and O–H groups in total. The zero-order valence-corrected chi connectivity index (χ0v) is 17.5. The minimum Gasteiger partial charge on any atom is -0.354 e. The van der Waals surface area contributed by atoms with Gasteiger partial charge in [0.1, 0.15) is 0 Å². The Hall–Kier alpha value is -2.36. The lowest BCUT2D eigenvalue weighted by atomic mass is 9.81. The third kappa shape index (κ3) is 7.19. The Morgan fingerprint density at radius 1 is 0.759 bits per heavy atom. The molecule has 29 heavy (non-hydrogen) atoms. The molecule has 0 aromatic rings. The predicted octanol–water partition coefficient (Wildman–Crippen LogP) is 0.0671. The van der Waals surface area contributed by atoms with Crippen LogP contribution >= 0.6 is 0 Å². The number of nitrogens with one attached hydrogen (secondary N) is 6. The number of hydrazine groups is 2. The van der Waals surface area contributed by atoms with E-state index in [2.05, 4.69) is 39.3 Å². The van der Waals surface area contributed by atoms with Crippen molar-refractivity contribution in [3.8, 4) is 0 Å². The van der Waals surface area contributed by atoms with E-state index in [0.29, 0.717) is 38.0 Å². The van der Waals surface area contributed by atoms with Gasteiger partial charge in [0, 0.05) is 37.9 Å². The molecule has 0 aromatic carbocycles. The molecule has 0 aliphatic heterocycles. The molecule has 2 aliphatic carbocycles. The second kappa shape index (κ2) is 11.0. The van der Waals surface area contributed by atoms with Gasteiger partial charge in [0.2, 0.25) is 17.7 Å². The number of carbonyl (C=O) groups is 4. The van der Waals surface area contributed by atoms with Crippen molar-refractivity contribution in [1.29, 1.82) is 0 Å². The second-order valence-corrected chi connectivity index (χ2v) is 8.17. The Morgan fingerprint density at radius 2 is 1.34 bits per heavy atom. The summed E-state index contributed by atoms with van der Waals surface area (Å²) in [6.07, 6.45) is 4.97. The van der Waals surface area contributed by atoms with Crippen molar-refractivity contribution in [3.05, 3.63) is 0 Å². The van der Waals surface area contributed by atoms with Gasteiger partial charge >= 0.3 is 6.03 Å². The highest BCUT2D eigenvalue weighted by Crippen LogP contribution is 2.29. The Morgan fingerprint density at radius 3 is 1.90 bits per heavy atom. The molecule has 0 heterocycles. The summed E-state index contributed by atoms with van der Waals surface area (Å²) in [6, 6.07) is -0.474. The molecule has 0 aromatic heterocycles. The molecule has 2 fully saturated rings. The van der Waals surface area contributed by atoms with E-state index in [1.807, 2.05) is 0 Å². The lowest BCUT2D eigenvalue weighted by Gasteiger charge is -2.35. The van der Waals surface area contributed by atoms with E-state index in [1.54, 1.807) is 7.05 Å². The normalized spacial score (nSPS) is 29.3. The number of amides is 5. The van der Waals surface area contributed by atoms with Gasteiger partial charge in [-0.25, -0.2) is 15.6 Å². The maximum Gasteiger partial charge on any atom is 0.333 e. The van der Waals surface area contributed by atoms with E-state index < -0.39 is 6.03 Å². The van der Waals surface area contributed by atoms with E-state index in [9.17, 15) is 19.2 Å². The summed E-state index contributed by atoms with van der Waals surface area (Å²) >= 11 is 0. The van der Waals surface area contributed by atoms with Crippen molar-refractivity contribution in [2.24, 2.45) is 17.8 Å². The van der Waals surface area contributed by atoms with Crippen LogP contribution in [0.5, 0.6) is 0 Å². The summed E-state index contributed by atoms with van der Waals surface area (Å²) in [7, 11) is 1.64. The van der Waals surface area contributed by atoms with Crippen LogP contribution in [0.4, 0.5) is 4.79 Å². The highest BCUT2D eigenvalue weighted by molar-refractivity contribution is 5.83. The molecule has 2 saturated carbocycles. The van der Waals surface area contributed by atoms with Crippen LogP contribution in [-0.4, -0.2) is 42.9 Å². The standard InChI is InChI=1S/C19H34N6O4/c1-11-4-9-15(21-12(2)26)10-16(11)22-19(29)25-24-18(28)14-7-5-13(6-8-14)17(27)23-20-3/h11,13-16,20H,4-10H2,1-3H3,(H,21,26)(H,23,27)(H,24,28)(H2,22,25,29). The van der Waals surface area contributed by atoms with Gasteiger partial charge in [-0.3, -0.25) is 25.2 Å². The average Bonchev–Trinajstić information content (AvgIpc) is 2.68. The van der Waals surface area contributed by atoms with Gasteiger partial charge in [0.05, 0.1) is 0 Å². The van der Waals surface area contributed by atoms with Crippen molar-refractivity contribution >= 4 is 23.8 Å². The molecule has 0 spiro atoms. The van der Waals surface area contributed by atoms with Crippen molar-refractivity contribution in [1.82, 2.24) is 32.3 Å². The number of hydrogen-bond acceptors (Lipinski definition) is 5. The maximum absolute atomic E-state index is 12.3. The first-order valence-electron chi connectivity index (χ1n) is 10.4. The largest absolute Gasteiger partial charge is 0.354 e. The Bertz CT molecular complexity index is 606. The maximum atomic E-state index is 12.3. The smallest absolute Gasteiger partial charge is 0.333 e. The Kier molecular flexibility index (Phi) is 8.69. The lowest BCUT2D eigenvalue weighted by Crippen LogP contribution is -2.55. The molecule has 2 aliphatic rings. The topological polar surface area (TPSA) is 140 Å². The summed E-state index contributed by atoms with van der Waals surface area (Å²) in [6.45, 7) is 3.56. The van der Waals surface area contributed by atoms with E-state index in [0.717, 1.165) is 12.8 Å². The first-order valence-corrected chi connectivity index (χ1v) is 10.4. The fraction of sp³-hybridized carbons (Fsp3) is 0.789. The van der Waals surface area contributed by atoms with Crippen molar-refractivity contribution in [2.75, 3.05) is 7.05 Å². The zero-order valence-electron chi connectivity index (χ0n) is 17.5. The number of carbonyl (C=O) groups excluding carboxylic acids is 4. The molecule has 0 radical (unpaired) electrons. The molecule has 0 saturated heterocycles. The van der Waals surface area contributed by atoms with Crippen LogP contribution in [0.25, 0.3) is 0 Å². The summed E-state index contributed by atoms with van der Waals surface area (Å²) in [4.78, 5) is 47.6. The summed E-state index contributed by atoms with van der Waals surface area (Å²) in [5.41, 5.74) is 10.1. The number of hydrogen-bond donors (Lipinski definition) is 6. The van der Waals surface area contributed by atoms with Gasteiger partial charge in [0.25, 0.3) is 0 Å². The third-order valence-corrected chi connectivity index (χ3v) is 5.94. The molecule has 164 valence electrons. The molecule has 3 atom stereocenters. The fourth-order valence-electron chi connectivity index (χ4n) is 4.21. The van der Waals surface area contributed by atoms with Crippen LogP contribution in [-0.2, 0) is 14.4 Å². The first kappa shape index (κ1) is 22.9. The fourth-order valence-corrected chi connectivity index (χ4v) is 4.21. The highest BCUT2D eigenvalue weighted by Gasteiger charge is 2.31. The quantitative estimate of drug-likeness (QED) is 0.356. The Labute approximate surface area is 171 Å². The summed E-state index contributed by atoms with van der Waals surface area (Å²) < 4.78 is 0. The molecular formula is C19H34N6O4. The Balaban J connectivity index is 1.71. The van der Waals surface area contributed by atoms with Crippen LogP contribution in [0.15, 0.2) is 0 Å². The van der Waals surface area contributed by atoms with Crippen molar-refractivity contribution < 1.29 is 19.2 Å². The molecule has 0 bridgehead atoms. The average molecular weight is 411 g/mol. The second-order valence-electron chi connectivity index (χ2n) is 8.17. The van der Waals surface area contributed by atoms with E-state index >= 15 is 0 Å². The third-order valence-electron chi connectivity index (χ3n) is 5.94. The number of rotatable bonds is 5. The summed E-state index contributed by atoms with van der Waals surface area (Å²) in [5, 5.41) is 5.80. The van der Waals surface area contributed by atoms with E-state index in [1.165, 1.54) is 6.92 Å². The molecule has 10 heteroatoms. The van der Waals surface area contributed by atoms with Crippen LogP contribution in [0.3, 0.4) is 0 Å².